The number of hydrazine groups is 1. The van der Waals surface area contributed by atoms with Gasteiger partial charge in [0.2, 0.25) is 0 Å². The summed E-state index contributed by atoms with van der Waals surface area (Å²) in [5.74, 6) is -3.93. The van der Waals surface area contributed by atoms with Crippen LogP contribution in [-0.4, -0.2) is 51.0 Å². The molecule has 2 fully saturated rings. The van der Waals surface area contributed by atoms with Crippen molar-refractivity contribution in [2.75, 3.05) is 6.54 Å². The average Bonchev–Trinajstić information content (AvgIpc) is 3.25. The molecule has 12 heteroatoms. The van der Waals surface area contributed by atoms with Gasteiger partial charge in [0.15, 0.2) is 5.78 Å². The van der Waals surface area contributed by atoms with Crippen molar-refractivity contribution in [1.29, 1.82) is 0 Å². The van der Waals surface area contributed by atoms with Crippen molar-refractivity contribution < 1.29 is 33.6 Å². The van der Waals surface area contributed by atoms with E-state index in [4.69, 9.17) is 16.3 Å². The van der Waals surface area contributed by atoms with Crippen molar-refractivity contribution in [3.8, 4) is 5.75 Å². The first-order valence-electron chi connectivity index (χ1n) is 13.2. The fraction of sp³-hybridized carbons (Fsp3) is 0.233. The standard InChI is InChI=1S/C30H24ClN3O8/c31-21-11-5-19(6-12-21)27(36)32(33-28(37)24-3-1-2-4-25(24)29(33)38)17-26(35)18-9-15-23(16-10-18)42-30(39)20-7-13-22(14-8-20)34(40)41/h5-16,24-25H,1-4,17H2/t24-,25-/m1/s1. The van der Waals surface area contributed by atoms with E-state index in [0.717, 1.165) is 22.9 Å². The Morgan fingerprint density at radius 2 is 1.36 bits per heavy atom. The van der Waals surface area contributed by atoms with Gasteiger partial charge in [-0.3, -0.25) is 29.3 Å². The number of imide groups is 1. The van der Waals surface area contributed by atoms with Gasteiger partial charge in [0.05, 0.1) is 22.3 Å². The summed E-state index contributed by atoms with van der Waals surface area (Å²) in [5, 5.41) is 12.9. The first-order chi connectivity index (χ1) is 20.1. The minimum atomic E-state index is -0.753. The molecule has 1 saturated heterocycles. The zero-order valence-electron chi connectivity index (χ0n) is 22.1. The van der Waals surface area contributed by atoms with E-state index in [9.17, 15) is 34.1 Å². The van der Waals surface area contributed by atoms with E-state index in [1.807, 2.05) is 0 Å². The molecule has 5 rings (SSSR count). The van der Waals surface area contributed by atoms with Crippen LogP contribution in [-0.2, 0) is 9.59 Å². The number of esters is 1. The highest BCUT2D eigenvalue weighted by Crippen LogP contribution is 2.39. The Morgan fingerprint density at radius 1 is 0.833 bits per heavy atom. The highest BCUT2D eigenvalue weighted by Gasteiger charge is 2.51. The maximum Gasteiger partial charge on any atom is 0.343 e. The third kappa shape index (κ3) is 5.77. The molecule has 1 saturated carbocycles. The van der Waals surface area contributed by atoms with Crippen LogP contribution in [0.2, 0.25) is 5.02 Å². The van der Waals surface area contributed by atoms with Crippen LogP contribution < -0.4 is 4.74 Å². The number of carbonyl (C=O) groups is 5. The third-order valence-corrected chi connectivity index (χ3v) is 7.63. The maximum atomic E-state index is 13.6. The molecule has 11 nitrogen and oxygen atoms in total. The van der Waals surface area contributed by atoms with Gasteiger partial charge in [-0.1, -0.05) is 24.4 Å². The molecular formula is C30H24ClN3O8. The molecule has 2 atom stereocenters. The highest BCUT2D eigenvalue weighted by atomic mass is 35.5. The fourth-order valence-corrected chi connectivity index (χ4v) is 5.30. The summed E-state index contributed by atoms with van der Waals surface area (Å²) in [6.45, 7) is -0.583. The van der Waals surface area contributed by atoms with Crippen LogP contribution in [0, 0.1) is 22.0 Å². The van der Waals surface area contributed by atoms with Gasteiger partial charge >= 0.3 is 5.97 Å². The minimum Gasteiger partial charge on any atom is -0.423 e. The van der Waals surface area contributed by atoms with Gasteiger partial charge in [-0.25, -0.2) is 9.80 Å². The lowest BCUT2D eigenvalue weighted by Gasteiger charge is -2.30. The quantitative estimate of drug-likeness (QED) is 0.0902. The van der Waals surface area contributed by atoms with E-state index >= 15 is 0 Å². The molecule has 1 heterocycles. The largest absolute Gasteiger partial charge is 0.423 e. The van der Waals surface area contributed by atoms with Gasteiger partial charge in [-0.15, -0.1) is 0 Å². The van der Waals surface area contributed by atoms with Gasteiger partial charge in [0.1, 0.15) is 12.3 Å². The third-order valence-electron chi connectivity index (χ3n) is 7.38. The van der Waals surface area contributed by atoms with Crippen LogP contribution in [0.15, 0.2) is 72.8 Å². The van der Waals surface area contributed by atoms with Gasteiger partial charge in [0.25, 0.3) is 23.4 Å². The van der Waals surface area contributed by atoms with Crippen molar-refractivity contribution in [3.63, 3.8) is 0 Å². The smallest absolute Gasteiger partial charge is 0.343 e. The number of nitro benzene ring substituents is 1. The van der Waals surface area contributed by atoms with E-state index in [1.54, 1.807) is 0 Å². The van der Waals surface area contributed by atoms with Crippen molar-refractivity contribution in [1.82, 2.24) is 10.0 Å². The van der Waals surface area contributed by atoms with E-state index in [1.165, 1.54) is 72.8 Å². The Hall–Kier alpha value is -4.90. The lowest BCUT2D eigenvalue weighted by atomic mass is 9.81. The topological polar surface area (TPSA) is 144 Å². The van der Waals surface area contributed by atoms with E-state index < -0.39 is 52.8 Å². The summed E-state index contributed by atoms with van der Waals surface area (Å²) < 4.78 is 5.29. The summed E-state index contributed by atoms with van der Waals surface area (Å²) in [6.07, 6.45) is 2.70. The van der Waals surface area contributed by atoms with Crippen LogP contribution in [0.25, 0.3) is 0 Å². The molecule has 0 radical (unpaired) electrons. The molecule has 214 valence electrons. The SMILES string of the molecule is O=C(CN(C(=O)c1ccc(Cl)cc1)N1C(=O)[C@@H]2CCCC[C@H]2C1=O)c1ccc(OC(=O)c2ccc([N+](=O)[O-])cc2)cc1. The summed E-state index contributed by atoms with van der Waals surface area (Å²) in [7, 11) is 0. The Bertz CT molecular complexity index is 1550. The number of nitrogens with zero attached hydrogens (tertiary/aromatic N) is 3. The Balaban J connectivity index is 1.34. The molecule has 42 heavy (non-hydrogen) atoms. The summed E-state index contributed by atoms with van der Waals surface area (Å²) in [4.78, 5) is 76.2. The number of ether oxygens (including phenoxy) is 1. The summed E-state index contributed by atoms with van der Waals surface area (Å²) >= 11 is 5.96. The molecule has 0 aromatic heterocycles. The second-order valence-electron chi connectivity index (χ2n) is 10.00. The Labute approximate surface area is 244 Å². The van der Waals surface area contributed by atoms with Crippen molar-refractivity contribution in [2.24, 2.45) is 11.8 Å². The van der Waals surface area contributed by atoms with Crippen LogP contribution in [0.1, 0.15) is 56.8 Å². The molecule has 0 unspecified atom stereocenters. The van der Waals surface area contributed by atoms with Gasteiger partial charge in [0, 0.05) is 28.3 Å². The monoisotopic (exact) mass is 589 g/mol. The molecule has 3 aromatic carbocycles. The molecular weight excluding hydrogens is 566 g/mol. The number of rotatable bonds is 8. The number of fused-ring (bicyclic) bond motifs is 1. The zero-order chi connectivity index (χ0) is 30.0. The fourth-order valence-electron chi connectivity index (χ4n) is 5.18. The minimum absolute atomic E-state index is 0.0950. The number of nitro groups is 1. The predicted octanol–water partition coefficient (Wildman–Crippen LogP) is 4.88. The van der Waals surface area contributed by atoms with Crippen molar-refractivity contribution in [2.45, 2.75) is 25.7 Å². The number of carbonyl (C=O) groups excluding carboxylic acids is 5. The Kier molecular flexibility index (Phi) is 8.12. The predicted molar refractivity (Wildman–Crippen MR) is 149 cm³/mol. The molecule has 1 aliphatic heterocycles. The van der Waals surface area contributed by atoms with Crippen molar-refractivity contribution >= 4 is 46.8 Å². The zero-order valence-corrected chi connectivity index (χ0v) is 22.9. The average molecular weight is 590 g/mol. The number of hydrogen-bond donors (Lipinski definition) is 0. The summed E-state index contributed by atoms with van der Waals surface area (Å²) in [6, 6.07) is 16.3. The first kappa shape index (κ1) is 28.6. The maximum absolute atomic E-state index is 13.6. The normalized spacial score (nSPS) is 17.9. The van der Waals surface area contributed by atoms with Gasteiger partial charge in [-0.2, -0.15) is 5.01 Å². The van der Waals surface area contributed by atoms with Crippen LogP contribution in [0.5, 0.6) is 5.75 Å². The molecule has 0 N–H and O–H groups in total. The number of Topliss-reactive ketones (excluding diaryl/α,β-unsaturated/α-hetero) is 1. The molecule has 1 aliphatic carbocycles. The van der Waals surface area contributed by atoms with E-state index in [2.05, 4.69) is 0 Å². The van der Waals surface area contributed by atoms with Gasteiger partial charge < -0.3 is 4.74 Å². The van der Waals surface area contributed by atoms with Crippen molar-refractivity contribution in [3.05, 3.63) is 105 Å². The van der Waals surface area contributed by atoms with E-state index in [0.29, 0.717) is 17.9 Å². The second-order valence-corrected chi connectivity index (χ2v) is 10.4. The lowest BCUT2D eigenvalue weighted by Crippen LogP contribution is -2.52. The number of ketones is 1. The number of benzene rings is 3. The van der Waals surface area contributed by atoms with Crippen LogP contribution in [0.3, 0.4) is 0 Å². The van der Waals surface area contributed by atoms with Crippen LogP contribution >= 0.6 is 11.6 Å². The number of amides is 3. The van der Waals surface area contributed by atoms with Crippen LogP contribution in [0.4, 0.5) is 5.69 Å². The molecule has 0 bridgehead atoms. The number of halogens is 1. The first-order valence-corrected chi connectivity index (χ1v) is 13.6. The molecule has 0 spiro atoms. The second kappa shape index (κ2) is 11.9. The highest BCUT2D eigenvalue weighted by molar-refractivity contribution is 6.30. The van der Waals surface area contributed by atoms with E-state index in [-0.39, 0.29) is 28.1 Å². The molecule has 3 aromatic rings. The number of non-ortho nitro benzene ring substituents is 1. The Morgan fingerprint density at radius 3 is 1.90 bits per heavy atom. The molecule has 2 aliphatic rings. The lowest BCUT2D eigenvalue weighted by molar-refractivity contribution is -0.384. The number of hydrogen-bond acceptors (Lipinski definition) is 8. The van der Waals surface area contributed by atoms with Gasteiger partial charge in [-0.05, 0) is 73.5 Å². The summed E-state index contributed by atoms with van der Waals surface area (Å²) in [5.41, 5.74) is 0.221. The molecule has 3 amide bonds.